The van der Waals surface area contributed by atoms with Gasteiger partial charge in [0.25, 0.3) is 0 Å². The van der Waals surface area contributed by atoms with Gasteiger partial charge in [-0.25, -0.2) is 9.97 Å². The fraction of sp³-hybridized carbons (Fsp3) is 0.389. The topological polar surface area (TPSA) is 56.0 Å². The van der Waals surface area contributed by atoms with Gasteiger partial charge in [-0.15, -0.1) is 0 Å². The molecule has 1 aromatic carbocycles. The molecule has 24 heavy (non-hydrogen) atoms. The standard InChI is InChI=1S/C18H20ClN5/c1-13-11-17(22-18(19)21-13)24-9-7-23(8-10-24)14(2)16-5-3-15(12-20)4-6-16/h3-6,11,14H,7-10H2,1-2H3. The molecular weight excluding hydrogens is 322 g/mol. The van der Waals surface area contributed by atoms with Gasteiger partial charge >= 0.3 is 0 Å². The predicted molar refractivity (Wildman–Crippen MR) is 95.1 cm³/mol. The van der Waals surface area contributed by atoms with Crippen molar-refractivity contribution < 1.29 is 0 Å². The molecule has 1 unspecified atom stereocenters. The van der Waals surface area contributed by atoms with Crippen LogP contribution < -0.4 is 4.90 Å². The summed E-state index contributed by atoms with van der Waals surface area (Å²) in [7, 11) is 0. The number of hydrogen-bond acceptors (Lipinski definition) is 5. The molecule has 6 heteroatoms. The number of benzene rings is 1. The van der Waals surface area contributed by atoms with Crippen LogP contribution in [-0.2, 0) is 0 Å². The maximum atomic E-state index is 8.91. The second-order valence-corrected chi connectivity index (χ2v) is 6.41. The number of nitrogens with zero attached hydrogens (tertiary/aromatic N) is 5. The summed E-state index contributed by atoms with van der Waals surface area (Å²) in [6, 6.07) is 12.3. The molecule has 124 valence electrons. The smallest absolute Gasteiger partial charge is 0.224 e. The van der Waals surface area contributed by atoms with E-state index in [4.69, 9.17) is 16.9 Å². The Balaban J connectivity index is 1.64. The van der Waals surface area contributed by atoms with Gasteiger partial charge in [-0.05, 0) is 43.1 Å². The summed E-state index contributed by atoms with van der Waals surface area (Å²) in [6.45, 7) is 7.88. The molecule has 1 fully saturated rings. The van der Waals surface area contributed by atoms with E-state index >= 15 is 0 Å². The maximum Gasteiger partial charge on any atom is 0.224 e. The maximum absolute atomic E-state index is 8.91. The highest BCUT2D eigenvalue weighted by atomic mass is 35.5. The van der Waals surface area contributed by atoms with Crippen molar-refractivity contribution in [1.82, 2.24) is 14.9 Å². The Morgan fingerprint density at radius 3 is 2.38 bits per heavy atom. The molecule has 0 aliphatic carbocycles. The van der Waals surface area contributed by atoms with E-state index in [1.807, 2.05) is 37.3 Å². The molecule has 0 N–H and O–H groups in total. The van der Waals surface area contributed by atoms with E-state index in [2.05, 4.69) is 32.8 Å². The zero-order valence-corrected chi connectivity index (χ0v) is 14.7. The van der Waals surface area contributed by atoms with Crippen molar-refractivity contribution in [2.24, 2.45) is 0 Å². The summed E-state index contributed by atoms with van der Waals surface area (Å²) in [5, 5.41) is 9.21. The Morgan fingerprint density at radius 1 is 1.12 bits per heavy atom. The highest BCUT2D eigenvalue weighted by Crippen LogP contribution is 2.24. The van der Waals surface area contributed by atoms with Crippen LogP contribution in [0.4, 0.5) is 5.82 Å². The lowest BCUT2D eigenvalue weighted by Gasteiger charge is -2.38. The van der Waals surface area contributed by atoms with Crippen molar-refractivity contribution in [1.29, 1.82) is 5.26 Å². The molecule has 2 heterocycles. The molecular formula is C18H20ClN5. The first-order valence-corrected chi connectivity index (χ1v) is 8.45. The van der Waals surface area contributed by atoms with Crippen molar-refractivity contribution in [3.63, 3.8) is 0 Å². The molecule has 0 bridgehead atoms. The molecule has 0 spiro atoms. The summed E-state index contributed by atoms with van der Waals surface area (Å²) >= 11 is 5.97. The van der Waals surface area contributed by atoms with Gasteiger partial charge in [0.2, 0.25) is 5.28 Å². The van der Waals surface area contributed by atoms with Gasteiger partial charge in [0.15, 0.2) is 0 Å². The van der Waals surface area contributed by atoms with E-state index in [1.165, 1.54) is 5.56 Å². The van der Waals surface area contributed by atoms with Crippen LogP contribution in [-0.4, -0.2) is 41.0 Å². The molecule has 1 aliphatic rings. The van der Waals surface area contributed by atoms with Gasteiger partial charge in [-0.2, -0.15) is 5.26 Å². The lowest BCUT2D eigenvalue weighted by atomic mass is 10.0. The van der Waals surface area contributed by atoms with Gasteiger partial charge in [0.05, 0.1) is 11.6 Å². The molecule has 0 amide bonds. The van der Waals surface area contributed by atoms with E-state index in [0.29, 0.717) is 16.9 Å². The Morgan fingerprint density at radius 2 is 1.79 bits per heavy atom. The first-order chi connectivity index (χ1) is 11.6. The van der Waals surface area contributed by atoms with E-state index in [9.17, 15) is 0 Å². The molecule has 0 radical (unpaired) electrons. The number of piperazine rings is 1. The SMILES string of the molecule is Cc1cc(N2CCN(C(C)c3ccc(C#N)cc3)CC2)nc(Cl)n1. The van der Waals surface area contributed by atoms with E-state index < -0.39 is 0 Å². The Bertz CT molecular complexity index is 725. The molecule has 0 saturated carbocycles. The molecule has 2 aromatic rings. The zero-order chi connectivity index (χ0) is 17.1. The minimum atomic E-state index is 0.304. The normalized spacial score (nSPS) is 16.7. The monoisotopic (exact) mass is 341 g/mol. The lowest BCUT2D eigenvalue weighted by molar-refractivity contribution is 0.198. The van der Waals surface area contributed by atoms with E-state index in [1.54, 1.807) is 0 Å². The second kappa shape index (κ2) is 7.16. The number of aryl methyl sites for hydroxylation is 1. The number of halogens is 1. The van der Waals surface area contributed by atoms with Crippen molar-refractivity contribution in [2.45, 2.75) is 19.9 Å². The Hall–Kier alpha value is -2.16. The summed E-state index contributed by atoms with van der Waals surface area (Å²) in [5.74, 6) is 0.901. The van der Waals surface area contributed by atoms with Crippen LogP contribution in [0.2, 0.25) is 5.28 Å². The third-order valence-electron chi connectivity index (χ3n) is 4.52. The Kier molecular flexibility index (Phi) is 4.98. The van der Waals surface area contributed by atoms with Crippen molar-refractivity contribution >= 4 is 17.4 Å². The third-order valence-corrected chi connectivity index (χ3v) is 4.69. The molecule has 3 rings (SSSR count). The number of aromatic nitrogens is 2. The highest BCUT2D eigenvalue weighted by molar-refractivity contribution is 6.28. The average molecular weight is 342 g/mol. The summed E-state index contributed by atoms with van der Waals surface area (Å²) in [5.41, 5.74) is 2.83. The first-order valence-electron chi connectivity index (χ1n) is 8.07. The van der Waals surface area contributed by atoms with Gasteiger partial charge < -0.3 is 4.90 Å². The first kappa shape index (κ1) is 16.7. The number of hydrogen-bond donors (Lipinski definition) is 0. The van der Waals surface area contributed by atoms with Crippen LogP contribution >= 0.6 is 11.6 Å². The van der Waals surface area contributed by atoms with Crippen molar-refractivity contribution in [3.05, 3.63) is 52.4 Å². The van der Waals surface area contributed by atoms with Crippen LogP contribution in [0.25, 0.3) is 0 Å². The van der Waals surface area contributed by atoms with Crippen LogP contribution in [0.5, 0.6) is 0 Å². The number of nitriles is 1. The van der Waals surface area contributed by atoms with Crippen LogP contribution in [0, 0.1) is 18.3 Å². The van der Waals surface area contributed by atoms with Gasteiger partial charge in [-0.3, -0.25) is 4.90 Å². The summed E-state index contributed by atoms with van der Waals surface area (Å²) in [4.78, 5) is 13.2. The predicted octanol–water partition coefficient (Wildman–Crippen LogP) is 3.19. The minimum absolute atomic E-state index is 0.304. The molecule has 1 saturated heterocycles. The third kappa shape index (κ3) is 3.66. The summed E-state index contributed by atoms with van der Waals surface area (Å²) in [6.07, 6.45) is 0. The highest BCUT2D eigenvalue weighted by Gasteiger charge is 2.23. The van der Waals surface area contributed by atoms with Crippen LogP contribution in [0.15, 0.2) is 30.3 Å². The van der Waals surface area contributed by atoms with Crippen molar-refractivity contribution in [3.8, 4) is 6.07 Å². The van der Waals surface area contributed by atoms with Gasteiger partial charge in [0, 0.05) is 44.0 Å². The van der Waals surface area contributed by atoms with E-state index in [0.717, 1.165) is 37.7 Å². The lowest BCUT2D eigenvalue weighted by Crippen LogP contribution is -2.47. The molecule has 1 aromatic heterocycles. The van der Waals surface area contributed by atoms with E-state index in [-0.39, 0.29) is 0 Å². The quantitative estimate of drug-likeness (QED) is 0.802. The Labute approximate surface area is 147 Å². The van der Waals surface area contributed by atoms with Gasteiger partial charge in [0.1, 0.15) is 5.82 Å². The average Bonchev–Trinajstić information content (AvgIpc) is 2.60. The molecule has 5 nitrogen and oxygen atoms in total. The largest absolute Gasteiger partial charge is 0.354 e. The molecule has 1 atom stereocenters. The zero-order valence-electron chi connectivity index (χ0n) is 13.9. The van der Waals surface area contributed by atoms with Crippen LogP contribution in [0.3, 0.4) is 0 Å². The fourth-order valence-electron chi connectivity index (χ4n) is 3.06. The number of anilines is 1. The summed E-state index contributed by atoms with van der Waals surface area (Å²) < 4.78 is 0. The van der Waals surface area contributed by atoms with Gasteiger partial charge in [-0.1, -0.05) is 12.1 Å². The minimum Gasteiger partial charge on any atom is -0.354 e. The van der Waals surface area contributed by atoms with Crippen molar-refractivity contribution in [2.75, 3.05) is 31.1 Å². The fourth-order valence-corrected chi connectivity index (χ4v) is 3.28. The molecule has 1 aliphatic heterocycles. The van der Waals surface area contributed by atoms with Crippen LogP contribution in [0.1, 0.15) is 29.8 Å². The number of rotatable bonds is 3. The second-order valence-electron chi connectivity index (χ2n) is 6.07.